The van der Waals surface area contributed by atoms with E-state index in [0.29, 0.717) is 0 Å². The fourth-order valence-electron chi connectivity index (χ4n) is 3.84. The largest absolute Gasteiger partial charge is 0.367 e. The minimum atomic E-state index is 0.923. The molecular formula is C31H29N. The molecule has 0 aromatic heterocycles. The molecule has 0 aliphatic rings. The molecular weight excluding hydrogens is 386 g/mol. The molecule has 1 heteroatoms. The van der Waals surface area contributed by atoms with Gasteiger partial charge in [0.05, 0.1) is 0 Å². The molecule has 158 valence electrons. The van der Waals surface area contributed by atoms with Gasteiger partial charge in [0, 0.05) is 18.8 Å². The molecule has 32 heavy (non-hydrogen) atoms. The third-order valence-electron chi connectivity index (χ3n) is 5.58. The highest BCUT2D eigenvalue weighted by molar-refractivity contribution is 5.81. The van der Waals surface area contributed by atoms with E-state index < -0.39 is 0 Å². The van der Waals surface area contributed by atoms with Crippen molar-refractivity contribution in [2.45, 2.75) is 13.5 Å². The third-order valence-corrected chi connectivity index (χ3v) is 5.58. The van der Waals surface area contributed by atoms with Crippen LogP contribution < -0.4 is 4.90 Å². The van der Waals surface area contributed by atoms with Gasteiger partial charge in [0.1, 0.15) is 0 Å². The van der Waals surface area contributed by atoms with Crippen LogP contribution in [0.25, 0.3) is 11.6 Å². The van der Waals surface area contributed by atoms with Crippen molar-refractivity contribution in [2.24, 2.45) is 0 Å². The monoisotopic (exact) mass is 415 g/mol. The van der Waals surface area contributed by atoms with E-state index in [1.165, 1.54) is 33.5 Å². The standard InChI is InChI=1S/C31H29N/c1-2-32(25-27-13-6-3-7-14-27)30-23-21-26(22-24-30)15-12-20-31(28-16-8-4-9-17-28)29-18-10-5-11-19-29/h3-24H,2,25H2,1H3/b15-12+. The highest BCUT2D eigenvalue weighted by Gasteiger charge is 2.05. The zero-order valence-corrected chi connectivity index (χ0v) is 18.6. The number of nitrogens with zero attached hydrogens (tertiary/aromatic N) is 1. The summed E-state index contributed by atoms with van der Waals surface area (Å²) in [5.74, 6) is 0. The summed E-state index contributed by atoms with van der Waals surface area (Å²) in [4.78, 5) is 2.39. The predicted octanol–water partition coefficient (Wildman–Crippen LogP) is 7.86. The number of hydrogen-bond acceptors (Lipinski definition) is 1. The molecule has 0 spiro atoms. The van der Waals surface area contributed by atoms with Crippen LogP contribution in [0.3, 0.4) is 0 Å². The average molecular weight is 416 g/mol. The van der Waals surface area contributed by atoms with E-state index in [1.54, 1.807) is 0 Å². The SMILES string of the molecule is CCN(Cc1ccccc1)c1ccc(/C=C/C=C(c2ccccc2)c2ccccc2)cc1. The van der Waals surface area contributed by atoms with Crippen molar-refractivity contribution in [1.82, 2.24) is 0 Å². The average Bonchev–Trinajstić information content (AvgIpc) is 2.87. The molecule has 0 radical (unpaired) electrons. The zero-order valence-electron chi connectivity index (χ0n) is 18.6. The van der Waals surface area contributed by atoms with Gasteiger partial charge in [-0.1, -0.05) is 121 Å². The molecule has 4 aromatic carbocycles. The highest BCUT2D eigenvalue weighted by Crippen LogP contribution is 2.24. The Labute approximate surface area is 192 Å². The van der Waals surface area contributed by atoms with Crippen LogP contribution in [0, 0.1) is 0 Å². The van der Waals surface area contributed by atoms with Crippen LogP contribution in [0.1, 0.15) is 29.2 Å². The first-order valence-electron chi connectivity index (χ1n) is 11.2. The maximum atomic E-state index is 2.39. The molecule has 0 saturated heterocycles. The number of allylic oxidation sites excluding steroid dienone is 2. The molecule has 4 aromatic rings. The Balaban J connectivity index is 1.51. The normalized spacial score (nSPS) is 10.8. The van der Waals surface area contributed by atoms with E-state index in [1.807, 2.05) is 0 Å². The van der Waals surface area contributed by atoms with Gasteiger partial charge in [-0.25, -0.2) is 0 Å². The van der Waals surface area contributed by atoms with Gasteiger partial charge in [0.15, 0.2) is 0 Å². The van der Waals surface area contributed by atoms with Crippen LogP contribution >= 0.6 is 0 Å². The van der Waals surface area contributed by atoms with Crippen molar-refractivity contribution in [3.8, 4) is 0 Å². The van der Waals surface area contributed by atoms with Gasteiger partial charge in [0.2, 0.25) is 0 Å². The second kappa shape index (κ2) is 11.0. The topological polar surface area (TPSA) is 3.24 Å². The summed E-state index contributed by atoms with van der Waals surface area (Å²) in [6.45, 7) is 4.10. The summed E-state index contributed by atoms with van der Waals surface area (Å²) in [6, 6.07) is 40.5. The van der Waals surface area contributed by atoms with Crippen molar-refractivity contribution in [3.05, 3.63) is 150 Å². The molecule has 0 atom stereocenters. The maximum absolute atomic E-state index is 2.39. The Morgan fingerprint density at radius 1 is 0.656 bits per heavy atom. The Kier molecular flexibility index (Phi) is 7.34. The lowest BCUT2D eigenvalue weighted by Crippen LogP contribution is -2.21. The quantitative estimate of drug-likeness (QED) is 0.265. The Bertz CT molecular complexity index is 1100. The Morgan fingerprint density at radius 2 is 1.19 bits per heavy atom. The maximum Gasteiger partial charge on any atom is 0.0429 e. The molecule has 0 aliphatic carbocycles. The van der Waals surface area contributed by atoms with Crippen LogP contribution in [-0.2, 0) is 6.54 Å². The first-order valence-corrected chi connectivity index (χ1v) is 11.2. The minimum absolute atomic E-state index is 0.923. The van der Waals surface area contributed by atoms with E-state index in [9.17, 15) is 0 Å². The molecule has 1 nitrogen and oxygen atoms in total. The molecule has 0 saturated carbocycles. The van der Waals surface area contributed by atoms with Gasteiger partial charge in [-0.05, 0) is 46.9 Å². The van der Waals surface area contributed by atoms with Crippen molar-refractivity contribution in [3.63, 3.8) is 0 Å². The fourth-order valence-corrected chi connectivity index (χ4v) is 3.84. The lowest BCUT2D eigenvalue weighted by molar-refractivity contribution is 0.832. The van der Waals surface area contributed by atoms with E-state index in [0.717, 1.165) is 13.1 Å². The van der Waals surface area contributed by atoms with Gasteiger partial charge in [-0.2, -0.15) is 0 Å². The second-order valence-corrected chi connectivity index (χ2v) is 7.76. The Hall–Kier alpha value is -3.84. The Morgan fingerprint density at radius 3 is 1.72 bits per heavy atom. The van der Waals surface area contributed by atoms with Crippen LogP contribution in [0.15, 0.2) is 127 Å². The first kappa shape index (κ1) is 21.4. The fraction of sp³-hybridized carbons (Fsp3) is 0.0968. The lowest BCUT2D eigenvalue weighted by Gasteiger charge is -2.23. The summed E-state index contributed by atoms with van der Waals surface area (Å²) in [5.41, 5.74) is 7.44. The first-order chi connectivity index (χ1) is 15.8. The van der Waals surface area contributed by atoms with Crippen molar-refractivity contribution in [2.75, 3.05) is 11.4 Å². The van der Waals surface area contributed by atoms with Crippen molar-refractivity contribution >= 4 is 17.3 Å². The predicted molar refractivity (Wildman–Crippen MR) is 139 cm³/mol. The smallest absolute Gasteiger partial charge is 0.0429 e. The minimum Gasteiger partial charge on any atom is -0.367 e. The molecule has 0 amide bonds. The van der Waals surface area contributed by atoms with Gasteiger partial charge >= 0.3 is 0 Å². The third kappa shape index (κ3) is 5.65. The molecule has 0 fully saturated rings. The second-order valence-electron chi connectivity index (χ2n) is 7.76. The van der Waals surface area contributed by atoms with Gasteiger partial charge < -0.3 is 4.90 Å². The van der Waals surface area contributed by atoms with Crippen molar-refractivity contribution in [1.29, 1.82) is 0 Å². The molecule has 0 bridgehead atoms. The van der Waals surface area contributed by atoms with Crippen LogP contribution in [0.2, 0.25) is 0 Å². The number of benzene rings is 4. The van der Waals surface area contributed by atoms with Crippen molar-refractivity contribution < 1.29 is 0 Å². The summed E-state index contributed by atoms with van der Waals surface area (Å²) in [5, 5.41) is 0. The number of hydrogen-bond donors (Lipinski definition) is 0. The van der Waals surface area contributed by atoms with E-state index in [4.69, 9.17) is 0 Å². The number of rotatable bonds is 8. The highest BCUT2D eigenvalue weighted by atomic mass is 15.1. The van der Waals surface area contributed by atoms with Crippen LogP contribution in [0.4, 0.5) is 5.69 Å². The summed E-state index contributed by atoms with van der Waals surface area (Å²) >= 11 is 0. The van der Waals surface area contributed by atoms with Gasteiger partial charge in [-0.3, -0.25) is 0 Å². The van der Waals surface area contributed by atoms with Gasteiger partial charge in [-0.15, -0.1) is 0 Å². The van der Waals surface area contributed by atoms with E-state index in [-0.39, 0.29) is 0 Å². The summed E-state index contributed by atoms with van der Waals surface area (Å²) < 4.78 is 0. The van der Waals surface area contributed by atoms with Crippen LogP contribution in [-0.4, -0.2) is 6.54 Å². The molecule has 0 unspecified atom stereocenters. The lowest BCUT2D eigenvalue weighted by atomic mass is 9.97. The number of anilines is 1. The molecule has 4 rings (SSSR count). The van der Waals surface area contributed by atoms with E-state index >= 15 is 0 Å². The molecule has 0 heterocycles. The zero-order chi connectivity index (χ0) is 22.0. The molecule has 0 N–H and O–H groups in total. The molecule has 0 aliphatic heterocycles. The summed E-state index contributed by atoms with van der Waals surface area (Å²) in [7, 11) is 0. The van der Waals surface area contributed by atoms with E-state index in [2.05, 4.69) is 145 Å². The van der Waals surface area contributed by atoms with Gasteiger partial charge in [0.25, 0.3) is 0 Å². The summed E-state index contributed by atoms with van der Waals surface area (Å²) in [6.07, 6.45) is 6.52. The van der Waals surface area contributed by atoms with Crippen LogP contribution in [0.5, 0.6) is 0 Å².